The van der Waals surface area contributed by atoms with Gasteiger partial charge in [0.15, 0.2) is 0 Å². The van der Waals surface area contributed by atoms with Crippen molar-refractivity contribution in [3.8, 4) is 0 Å². The molecule has 1 aromatic rings. The fourth-order valence-electron chi connectivity index (χ4n) is 2.27. The minimum absolute atomic E-state index is 0.444. The minimum Gasteiger partial charge on any atom is -0.390 e. The maximum atomic E-state index is 10.3. The first-order valence-electron chi connectivity index (χ1n) is 6.13. The SMILES string of the molecule is CC1(C(O)Cc2cccnc2N)CCCCO1. The Morgan fingerprint density at radius 1 is 1.59 bits per heavy atom. The fourth-order valence-corrected chi connectivity index (χ4v) is 2.27. The molecule has 2 unspecified atom stereocenters. The molecule has 0 saturated carbocycles. The number of nitrogen functional groups attached to an aromatic ring is 1. The molecule has 4 nitrogen and oxygen atoms in total. The molecule has 2 heterocycles. The van der Waals surface area contributed by atoms with Crippen LogP contribution in [0.4, 0.5) is 5.82 Å². The maximum absolute atomic E-state index is 10.3. The molecular weight excluding hydrogens is 216 g/mol. The number of ether oxygens (including phenoxy) is 1. The molecule has 0 amide bonds. The van der Waals surface area contributed by atoms with Crippen molar-refractivity contribution in [1.82, 2.24) is 4.98 Å². The number of aliphatic hydroxyl groups excluding tert-OH is 1. The molecule has 2 atom stereocenters. The van der Waals surface area contributed by atoms with Gasteiger partial charge in [0.25, 0.3) is 0 Å². The van der Waals surface area contributed by atoms with Gasteiger partial charge in [0.1, 0.15) is 5.82 Å². The van der Waals surface area contributed by atoms with Crippen molar-refractivity contribution in [2.45, 2.75) is 44.3 Å². The van der Waals surface area contributed by atoms with Gasteiger partial charge < -0.3 is 15.6 Å². The van der Waals surface area contributed by atoms with E-state index in [0.717, 1.165) is 31.4 Å². The van der Waals surface area contributed by atoms with Crippen LogP contribution in [0.3, 0.4) is 0 Å². The van der Waals surface area contributed by atoms with Crippen molar-refractivity contribution >= 4 is 5.82 Å². The van der Waals surface area contributed by atoms with Crippen molar-refractivity contribution in [2.24, 2.45) is 0 Å². The van der Waals surface area contributed by atoms with E-state index in [4.69, 9.17) is 10.5 Å². The summed E-state index contributed by atoms with van der Waals surface area (Å²) in [4.78, 5) is 4.03. The van der Waals surface area contributed by atoms with Gasteiger partial charge >= 0.3 is 0 Å². The number of nitrogens with two attached hydrogens (primary N) is 1. The van der Waals surface area contributed by atoms with Gasteiger partial charge in [0.05, 0.1) is 11.7 Å². The van der Waals surface area contributed by atoms with Crippen molar-refractivity contribution in [3.63, 3.8) is 0 Å². The number of pyridine rings is 1. The highest BCUT2D eigenvalue weighted by Gasteiger charge is 2.35. The third kappa shape index (κ3) is 2.76. The van der Waals surface area contributed by atoms with Gasteiger partial charge in [-0.25, -0.2) is 4.98 Å². The number of rotatable bonds is 3. The molecule has 0 bridgehead atoms. The summed E-state index contributed by atoms with van der Waals surface area (Å²) in [6, 6.07) is 3.74. The van der Waals surface area contributed by atoms with Crippen LogP contribution in [-0.4, -0.2) is 28.4 Å². The summed E-state index contributed by atoms with van der Waals surface area (Å²) in [5, 5.41) is 10.3. The monoisotopic (exact) mass is 236 g/mol. The molecule has 0 aliphatic carbocycles. The zero-order chi connectivity index (χ0) is 12.3. The molecular formula is C13H20N2O2. The highest BCUT2D eigenvalue weighted by Crippen LogP contribution is 2.30. The van der Waals surface area contributed by atoms with Crippen LogP contribution in [0.25, 0.3) is 0 Å². The second-order valence-corrected chi connectivity index (χ2v) is 4.89. The van der Waals surface area contributed by atoms with E-state index < -0.39 is 11.7 Å². The Bertz CT molecular complexity index is 375. The van der Waals surface area contributed by atoms with Crippen LogP contribution < -0.4 is 5.73 Å². The fraction of sp³-hybridized carbons (Fsp3) is 0.615. The van der Waals surface area contributed by atoms with Gasteiger partial charge in [0.2, 0.25) is 0 Å². The van der Waals surface area contributed by atoms with Crippen molar-refractivity contribution in [2.75, 3.05) is 12.3 Å². The average molecular weight is 236 g/mol. The molecule has 94 valence electrons. The molecule has 2 rings (SSSR count). The Hall–Kier alpha value is -1.13. The zero-order valence-corrected chi connectivity index (χ0v) is 10.2. The molecule has 0 radical (unpaired) electrons. The third-order valence-corrected chi connectivity index (χ3v) is 3.54. The molecule has 1 saturated heterocycles. The Balaban J connectivity index is 2.05. The number of anilines is 1. The van der Waals surface area contributed by atoms with E-state index in [2.05, 4.69) is 4.98 Å². The number of aliphatic hydroxyl groups is 1. The van der Waals surface area contributed by atoms with Crippen molar-refractivity contribution in [1.29, 1.82) is 0 Å². The highest BCUT2D eigenvalue weighted by atomic mass is 16.5. The van der Waals surface area contributed by atoms with Crippen molar-refractivity contribution in [3.05, 3.63) is 23.9 Å². The molecule has 17 heavy (non-hydrogen) atoms. The van der Waals surface area contributed by atoms with Crippen LogP contribution in [-0.2, 0) is 11.2 Å². The predicted octanol–water partition coefficient (Wildman–Crippen LogP) is 1.53. The summed E-state index contributed by atoms with van der Waals surface area (Å²) >= 11 is 0. The predicted molar refractivity (Wildman–Crippen MR) is 66.6 cm³/mol. The molecule has 1 aromatic heterocycles. The van der Waals surface area contributed by atoms with Gasteiger partial charge in [-0.2, -0.15) is 0 Å². The van der Waals surface area contributed by atoms with Gasteiger partial charge in [-0.15, -0.1) is 0 Å². The van der Waals surface area contributed by atoms with Crippen LogP contribution in [0, 0.1) is 0 Å². The summed E-state index contributed by atoms with van der Waals surface area (Å²) in [7, 11) is 0. The van der Waals surface area contributed by atoms with E-state index in [0.29, 0.717) is 12.2 Å². The maximum Gasteiger partial charge on any atom is 0.126 e. The summed E-state index contributed by atoms with van der Waals surface area (Å²) < 4.78 is 5.73. The van der Waals surface area contributed by atoms with Crippen LogP contribution in [0.1, 0.15) is 31.7 Å². The first-order chi connectivity index (χ1) is 8.12. The highest BCUT2D eigenvalue weighted by molar-refractivity contribution is 5.39. The largest absolute Gasteiger partial charge is 0.390 e. The topological polar surface area (TPSA) is 68.4 Å². The Labute approximate surface area is 102 Å². The van der Waals surface area contributed by atoms with Crippen LogP contribution in [0.15, 0.2) is 18.3 Å². The van der Waals surface area contributed by atoms with E-state index in [1.807, 2.05) is 19.1 Å². The van der Waals surface area contributed by atoms with E-state index in [1.165, 1.54) is 0 Å². The lowest BCUT2D eigenvalue weighted by molar-refractivity contribution is -0.135. The standard InChI is InChI=1S/C13H20N2O2/c1-13(6-2-3-8-17-13)11(16)9-10-5-4-7-15-12(10)14/h4-5,7,11,16H,2-3,6,8-9H2,1H3,(H2,14,15). The molecule has 4 heteroatoms. The van der Waals surface area contributed by atoms with Gasteiger partial charge in [-0.05, 0) is 37.8 Å². The number of aromatic nitrogens is 1. The average Bonchev–Trinajstić information content (AvgIpc) is 2.33. The van der Waals surface area contributed by atoms with E-state index in [1.54, 1.807) is 6.20 Å². The first-order valence-corrected chi connectivity index (χ1v) is 6.13. The van der Waals surface area contributed by atoms with Crippen molar-refractivity contribution < 1.29 is 9.84 Å². The summed E-state index contributed by atoms with van der Waals surface area (Å²) in [5.74, 6) is 0.492. The van der Waals surface area contributed by atoms with Crippen LogP contribution in [0.5, 0.6) is 0 Å². The quantitative estimate of drug-likeness (QED) is 0.835. The lowest BCUT2D eigenvalue weighted by atomic mass is 9.87. The number of nitrogens with zero attached hydrogens (tertiary/aromatic N) is 1. The lowest BCUT2D eigenvalue weighted by Gasteiger charge is -2.38. The summed E-state index contributed by atoms with van der Waals surface area (Å²) in [6.07, 6.45) is 4.71. The molecule has 3 N–H and O–H groups in total. The molecule has 0 aromatic carbocycles. The van der Waals surface area contributed by atoms with Crippen LogP contribution in [0.2, 0.25) is 0 Å². The summed E-state index contributed by atoms with van der Waals surface area (Å²) in [5.41, 5.74) is 6.22. The second kappa shape index (κ2) is 5.02. The van der Waals surface area contributed by atoms with Crippen LogP contribution >= 0.6 is 0 Å². The second-order valence-electron chi connectivity index (χ2n) is 4.89. The Kier molecular flexibility index (Phi) is 3.64. The summed E-state index contributed by atoms with van der Waals surface area (Å²) in [6.45, 7) is 2.71. The zero-order valence-electron chi connectivity index (χ0n) is 10.2. The van der Waals surface area contributed by atoms with Gasteiger partial charge in [-0.3, -0.25) is 0 Å². The molecule has 0 spiro atoms. The smallest absolute Gasteiger partial charge is 0.126 e. The van der Waals surface area contributed by atoms with E-state index in [9.17, 15) is 5.11 Å². The molecule has 1 aliphatic heterocycles. The first kappa shape index (κ1) is 12.3. The minimum atomic E-state index is -0.533. The van der Waals surface area contributed by atoms with Gasteiger partial charge in [-0.1, -0.05) is 6.07 Å². The molecule has 1 fully saturated rings. The Morgan fingerprint density at radius 2 is 2.41 bits per heavy atom. The molecule has 1 aliphatic rings. The van der Waals surface area contributed by atoms with E-state index in [-0.39, 0.29) is 0 Å². The lowest BCUT2D eigenvalue weighted by Crippen LogP contribution is -2.45. The van der Waals surface area contributed by atoms with E-state index >= 15 is 0 Å². The normalized spacial score (nSPS) is 26.7. The van der Waals surface area contributed by atoms with Gasteiger partial charge in [0, 0.05) is 19.2 Å². The number of hydrogen-bond donors (Lipinski definition) is 2. The third-order valence-electron chi connectivity index (χ3n) is 3.54. The Morgan fingerprint density at radius 3 is 3.06 bits per heavy atom. The number of hydrogen-bond acceptors (Lipinski definition) is 4.